The molecule has 90 heavy (non-hydrogen) atoms. The molecule has 0 unspecified atom stereocenters. The second-order valence-electron chi connectivity index (χ2n) is 20.5. The summed E-state index contributed by atoms with van der Waals surface area (Å²) >= 11 is 0. The van der Waals surface area contributed by atoms with Gasteiger partial charge in [-0.1, -0.05) is 227 Å². The minimum atomic E-state index is 0. The molecule has 0 nitrogen and oxygen atoms in total. The molecule has 0 saturated carbocycles. The topological polar surface area (TPSA) is 0 Å². The molecule has 0 saturated heterocycles. The summed E-state index contributed by atoms with van der Waals surface area (Å²) in [6.45, 7) is 24.0. The average Bonchev–Trinajstić information content (AvgIpc) is 1.07. The number of fused-ring (bicyclic) bond motifs is 10. The largest absolute Gasteiger partial charge is 0.180 e. The summed E-state index contributed by atoms with van der Waals surface area (Å²) in [5, 5.41) is 7.82. The van der Waals surface area contributed by atoms with Crippen LogP contribution in [0.4, 0.5) is 0 Å². The van der Waals surface area contributed by atoms with Gasteiger partial charge in [-0.15, -0.1) is 78.3 Å². The molecule has 0 fully saturated rings. The first-order chi connectivity index (χ1) is 43.1. The number of benzene rings is 12. The van der Waals surface area contributed by atoms with Gasteiger partial charge >= 0.3 is 0 Å². The molecule has 3 aliphatic carbocycles. The Kier molecular flexibility index (Phi) is 35.5. The van der Waals surface area contributed by atoms with Crippen LogP contribution in [0.15, 0.2) is 218 Å². The van der Waals surface area contributed by atoms with Gasteiger partial charge in [-0.3, -0.25) is 0 Å². The van der Waals surface area contributed by atoms with Crippen molar-refractivity contribution in [1.29, 1.82) is 0 Å². The molecule has 0 atom stereocenters. The molecule has 0 bridgehead atoms. The van der Waals surface area contributed by atoms with Gasteiger partial charge < -0.3 is 0 Å². The van der Waals surface area contributed by atoms with Crippen molar-refractivity contribution in [2.75, 3.05) is 0 Å². The second kappa shape index (κ2) is 41.3. The third-order valence-corrected chi connectivity index (χ3v) is 15.7. The zero-order chi connectivity index (χ0) is 61.9. The first kappa shape index (κ1) is 77.2. The minimum Gasteiger partial charge on any atom is -0.180 e. The van der Waals surface area contributed by atoms with Crippen molar-refractivity contribution in [1.82, 2.24) is 0 Å². The summed E-state index contributed by atoms with van der Waals surface area (Å²) in [6, 6.07) is 99.1. The van der Waals surface area contributed by atoms with E-state index in [2.05, 4.69) is 237 Å². The monoisotopic (exact) mass is 1400 g/mol. The average molecular weight is 1400 g/mol. The quantitative estimate of drug-likeness (QED) is 0.146. The Morgan fingerprint density at radius 2 is 0.678 bits per heavy atom. The van der Waals surface area contributed by atoms with Crippen LogP contribution in [-0.4, -0.2) is 0 Å². The van der Waals surface area contributed by atoms with Gasteiger partial charge in [0.2, 0.25) is 0 Å². The number of hydrogen-bond acceptors (Lipinski definition) is 0. The number of rotatable bonds is 6. The van der Waals surface area contributed by atoms with Crippen molar-refractivity contribution in [3.63, 3.8) is 0 Å². The SMILES string of the molecule is CC.CC.CC.CC.CC.CC.[Y].[Y].[Y].[c-]1cc2c(cc1Cc1[c-]cc3ccccc3c1)Cc1ccccc1C2.[c-]1cc2c(cc1Cc1[c-]ccc3ccccc13)Cc1ccccc1C2.[c-]1ccccc1Cc1[c-]c2c(c3ccccc13)Cc1ccccc1C2. The summed E-state index contributed by atoms with van der Waals surface area (Å²) in [4.78, 5) is 0. The van der Waals surface area contributed by atoms with Crippen LogP contribution in [0.3, 0.4) is 0 Å². The zero-order valence-corrected chi connectivity index (χ0v) is 64.4. The molecular formula is C87H90Y3-6. The molecule has 0 amide bonds. The Balaban J connectivity index is 0.000000262. The Morgan fingerprint density at radius 1 is 0.267 bits per heavy atom. The van der Waals surface area contributed by atoms with Gasteiger partial charge in [-0.25, -0.2) is 0 Å². The standard InChI is InChI=1S/3C25H18.6C2H6.3Y/c1-2-8-21-17-24-15-18(12-13-22(24)16-20(21)7-1)14-23-10-5-9-19-6-3-4-11-25(19)23;1-2-6-21-14-18(9-11-20(21)5-1)13-19-10-12-24-16-22-7-3-4-8-23(22)17-25(24)15-19;1-2-8-18(9-3-1)14-21-16-22-15-19-10-4-5-11-20(19)17-25(22)24-13-7-6-12-23(21)24;6*1-2;;;/h1-9,11,13,15H,14,16-17H2;1-8,11-12,14-15H,13,16-17H2;1-8,10-13H,14-15,17H2;6*1-2H3;;;/q3*-2;;;;;;;;;. The van der Waals surface area contributed by atoms with E-state index in [-0.39, 0.29) is 98.1 Å². The zero-order valence-electron chi connectivity index (χ0n) is 55.9. The summed E-state index contributed by atoms with van der Waals surface area (Å²) in [5.74, 6) is 0. The van der Waals surface area contributed by atoms with E-state index in [1.165, 1.54) is 132 Å². The molecule has 0 aromatic heterocycles. The summed E-state index contributed by atoms with van der Waals surface area (Å²) < 4.78 is 0. The first-order valence-corrected chi connectivity index (χ1v) is 32.5. The van der Waals surface area contributed by atoms with Gasteiger partial charge in [0, 0.05) is 98.1 Å². The maximum absolute atomic E-state index is 3.78. The van der Waals surface area contributed by atoms with Gasteiger partial charge in [0.15, 0.2) is 0 Å². The maximum atomic E-state index is 3.78. The molecule has 3 radical (unpaired) electrons. The summed E-state index contributed by atoms with van der Waals surface area (Å²) in [7, 11) is 0. The van der Waals surface area contributed by atoms with Gasteiger partial charge in [-0.05, 0) is 74.5 Å². The van der Waals surface area contributed by atoms with Crippen molar-refractivity contribution in [3.05, 3.63) is 355 Å². The van der Waals surface area contributed by atoms with Gasteiger partial charge in [0.05, 0.1) is 0 Å². The van der Waals surface area contributed by atoms with Crippen LogP contribution in [0.2, 0.25) is 0 Å². The minimum absolute atomic E-state index is 0. The Bertz CT molecular complexity index is 4050. The smallest absolute Gasteiger partial charge is 0 e. The van der Waals surface area contributed by atoms with E-state index in [0.29, 0.717) is 0 Å². The van der Waals surface area contributed by atoms with Crippen LogP contribution in [0.25, 0.3) is 32.3 Å². The molecular weight excluding hydrogens is 1310 g/mol. The normalized spacial score (nSPS) is 10.9. The first-order valence-electron chi connectivity index (χ1n) is 32.5. The van der Waals surface area contributed by atoms with E-state index >= 15 is 0 Å². The van der Waals surface area contributed by atoms with E-state index in [9.17, 15) is 0 Å². The van der Waals surface area contributed by atoms with Crippen molar-refractivity contribution in [2.45, 2.75) is 141 Å². The predicted octanol–water partition coefficient (Wildman–Crippen LogP) is 22.7. The van der Waals surface area contributed by atoms with Crippen LogP contribution >= 0.6 is 0 Å². The van der Waals surface area contributed by atoms with Gasteiger partial charge in [0.25, 0.3) is 0 Å². The van der Waals surface area contributed by atoms with Crippen molar-refractivity contribution in [2.24, 2.45) is 0 Å². The number of hydrogen-bond donors (Lipinski definition) is 0. The molecule has 0 spiro atoms. The molecule has 12 aromatic carbocycles. The summed E-state index contributed by atoms with van der Waals surface area (Å²) in [6.07, 6.45) is 8.79. The third kappa shape index (κ3) is 20.1. The second-order valence-corrected chi connectivity index (χ2v) is 20.5. The Morgan fingerprint density at radius 3 is 1.22 bits per heavy atom. The Hall–Kier alpha value is -5.27. The van der Waals surface area contributed by atoms with Crippen LogP contribution in [-0.2, 0) is 156 Å². The predicted molar refractivity (Wildman–Crippen MR) is 377 cm³/mol. The fourth-order valence-electron chi connectivity index (χ4n) is 11.8. The Labute approximate surface area is 619 Å². The molecule has 0 N–H and O–H groups in total. The molecule has 0 aliphatic heterocycles. The summed E-state index contributed by atoms with van der Waals surface area (Å²) in [5.41, 5.74) is 24.8. The van der Waals surface area contributed by atoms with Crippen molar-refractivity contribution in [3.8, 4) is 0 Å². The van der Waals surface area contributed by atoms with Crippen LogP contribution in [0.1, 0.15) is 183 Å². The molecule has 0 heterocycles. The van der Waals surface area contributed by atoms with Crippen molar-refractivity contribution >= 4 is 32.3 Å². The fraction of sp³-hybridized carbons (Fsp3) is 0.241. The third-order valence-electron chi connectivity index (χ3n) is 15.7. The molecule has 12 aromatic rings. The van der Waals surface area contributed by atoms with Crippen LogP contribution < -0.4 is 0 Å². The molecule has 3 aliphatic rings. The molecule has 453 valence electrons. The fourth-order valence-corrected chi connectivity index (χ4v) is 11.8. The van der Waals surface area contributed by atoms with E-state index in [4.69, 9.17) is 0 Å². The van der Waals surface area contributed by atoms with Crippen molar-refractivity contribution < 1.29 is 98.1 Å². The molecule has 3 heteroatoms. The van der Waals surface area contributed by atoms with Gasteiger partial charge in [0.1, 0.15) is 0 Å². The van der Waals surface area contributed by atoms with E-state index in [1.807, 2.05) is 101 Å². The molecule has 15 rings (SSSR count). The van der Waals surface area contributed by atoms with E-state index in [1.54, 1.807) is 0 Å². The van der Waals surface area contributed by atoms with E-state index in [0.717, 1.165) is 57.8 Å². The van der Waals surface area contributed by atoms with E-state index < -0.39 is 0 Å². The van der Waals surface area contributed by atoms with Gasteiger partial charge in [-0.2, -0.15) is 148 Å². The van der Waals surface area contributed by atoms with Crippen LogP contribution in [0.5, 0.6) is 0 Å². The maximum Gasteiger partial charge on any atom is 0 e. The van der Waals surface area contributed by atoms with Crippen LogP contribution in [0, 0.1) is 36.4 Å².